The van der Waals surface area contributed by atoms with Crippen molar-refractivity contribution in [1.29, 1.82) is 0 Å². The fourth-order valence-corrected chi connectivity index (χ4v) is 1.91. The van der Waals surface area contributed by atoms with E-state index in [1.165, 1.54) is 5.57 Å². The molecule has 0 N–H and O–H groups in total. The second-order valence-electron chi connectivity index (χ2n) is 3.77. The molecule has 2 aliphatic heterocycles. The van der Waals surface area contributed by atoms with Crippen molar-refractivity contribution in [1.82, 2.24) is 4.90 Å². The zero-order valence-corrected chi connectivity index (χ0v) is 8.08. The van der Waals surface area contributed by atoms with E-state index in [0.717, 1.165) is 18.7 Å². The zero-order chi connectivity index (χ0) is 9.42. The monoisotopic (exact) mass is 178 g/mol. The largest absolute Gasteiger partial charge is 0.300 e. The van der Waals surface area contributed by atoms with Crippen LogP contribution >= 0.6 is 0 Å². The van der Waals surface area contributed by atoms with Crippen molar-refractivity contribution in [2.45, 2.75) is 26.2 Å². The number of aliphatic imine (C=N–C) groups is 1. The van der Waals surface area contributed by atoms with E-state index in [9.17, 15) is 4.79 Å². The van der Waals surface area contributed by atoms with Crippen molar-refractivity contribution < 1.29 is 4.79 Å². The van der Waals surface area contributed by atoms with Crippen LogP contribution in [-0.2, 0) is 4.79 Å². The van der Waals surface area contributed by atoms with Gasteiger partial charge in [0.2, 0.25) is 5.91 Å². The number of carbonyl (C=O) groups excluding carboxylic acids is 1. The molecule has 13 heavy (non-hydrogen) atoms. The molecule has 0 radical (unpaired) electrons. The van der Waals surface area contributed by atoms with E-state index in [2.05, 4.69) is 11.9 Å². The van der Waals surface area contributed by atoms with Gasteiger partial charge in [-0.2, -0.15) is 0 Å². The Labute approximate surface area is 78.1 Å². The van der Waals surface area contributed by atoms with E-state index in [4.69, 9.17) is 0 Å². The standard InChI is InChI=1S/C10H14N2O/c1-7-4-3-5-11-10-8(7)6-9(13)12(10)2/h5,7H,3-4,6H2,1-2H3. The van der Waals surface area contributed by atoms with E-state index in [1.807, 2.05) is 6.21 Å². The smallest absolute Gasteiger partial charge is 0.232 e. The Hall–Kier alpha value is -1.12. The first-order chi connectivity index (χ1) is 6.20. The van der Waals surface area contributed by atoms with Gasteiger partial charge in [0, 0.05) is 13.3 Å². The van der Waals surface area contributed by atoms with Crippen LogP contribution in [0.4, 0.5) is 0 Å². The molecule has 2 heterocycles. The molecule has 0 aromatic heterocycles. The van der Waals surface area contributed by atoms with E-state index in [-0.39, 0.29) is 5.91 Å². The Kier molecular flexibility index (Phi) is 1.94. The molecule has 0 fully saturated rings. The maximum atomic E-state index is 11.4. The SMILES string of the molecule is CC1CCC=NC2=C1CC(=O)N2C. The van der Waals surface area contributed by atoms with Crippen molar-refractivity contribution in [3.05, 3.63) is 11.4 Å². The number of amides is 1. The molecule has 0 saturated heterocycles. The Morgan fingerprint density at radius 3 is 3.15 bits per heavy atom. The highest BCUT2D eigenvalue weighted by molar-refractivity contribution is 5.84. The molecule has 0 spiro atoms. The molecular formula is C10H14N2O. The summed E-state index contributed by atoms with van der Waals surface area (Å²) in [6.07, 6.45) is 4.64. The molecule has 0 aromatic carbocycles. The Bertz CT molecular complexity index is 304. The summed E-state index contributed by atoms with van der Waals surface area (Å²) in [5.41, 5.74) is 1.22. The van der Waals surface area contributed by atoms with Crippen molar-refractivity contribution in [3.63, 3.8) is 0 Å². The molecule has 3 heteroatoms. The first-order valence-corrected chi connectivity index (χ1v) is 4.72. The molecule has 0 bridgehead atoms. The highest BCUT2D eigenvalue weighted by Gasteiger charge is 2.30. The van der Waals surface area contributed by atoms with E-state index < -0.39 is 0 Å². The fraction of sp³-hybridized carbons (Fsp3) is 0.600. The Morgan fingerprint density at radius 1 is 1.62 bits per heavy atom. The van der Waals surface area contributed by atoms with Crippen LogP contribution in [0.25, 0.3) is 0 Å². The highest BCUT2D eigenvalue weighted by atomic mass is 16.2. The summed E-state index contributed by atoms with van der Waals surface area (Å²) in [7, 11) is 1.81. The molecule has 1 amide bonds. The summed E-state index contributed by atoms with van der Waals surface area (Å²) < 4.78 is 0. The van der Waals surface area contributed by atoms with Gasteiger partial charge in [-0.15, -0.1) is 0 Å². The molecule has 1 unspecified atom stereocenters. The summed E-state index contributed by atoms with van der Waals surface area (Å²) in [6, 6.07) is 0. The maximum Gasteiger partial charge on any atom is 0.232 e. The summed E-state index contributed by atoms with van der Waals surface area (Å²) in [4.78, 5) is 17.4. The average Bonchev–Trinajstić information content (AvgIpc) is 2.30. The summed E-state index contributed by atoms with van der Waals surface area (Å²) >= 11 is 0. The first kappa shape index (κ1) is 8.48. The predicted octanol–water partition coefficient (Wildman–Crippen LogP) is 1.56. The third-order valence-electron chi connectivity index (χ3n) is 2.86. The number of hydrogen-bond acceptors (Lipinski definition) is 2. The van der Waals surface area contributed by atoms with Crippen LogP contribution in [-0.4, -0.2) is 24.1 Å². The van der Waals surface area contributed by atoms with Gasteiger partial charge in [0.25, 0.3) is 0 Å². The van der Waals surface area contributed by atoms with Crippen LogP contribution in [0.15, 0.2) is 16.4 Å². The van der Waals surface area contributed by atoms with Gasteiger partial charge < -0.3 is 0 Å². The van der Waals surface area contributed by atoms with Gasteiger partial charge in [0.15, 0.2) is 0 Å². The van der Waals surface area contributed by atoms with Gasteiger partial charge in [-0.1, -0.05) is 6.92 Å². The van der Waals surface area contributed by atoms with Crippen LogP contribution < -0.4 is 0 Å². The Balaban J connectivity index is 2.38. The maximum absolute atomic E-state index is 11.4. The first-order valence-electron chi connectivity index (χ1n) is 4.72. The van der Waals surface area contributed by atoms with Gasteiger partial charge in [-0.05, 0) is 24.3 Å². The lowest BCUT2D eigenvalue weighted by atomic mass is 9.96. The topological polar surface area (TPSA) is 32.7 Å². The van der Waals surface area contributed by atoms with Gasteiger partial charge in [-0.3, -0.25) is 9.69 Å². The molecule has 0 saturated carbocycles. The molecule has 1 atom stereocenters. The second kappa shape index (κ2) is 2.98. The van der Waals surface area contributed by atoms with Crippen LogP contribution in [0.2, 0.25) is 0 Å². The number of nitrogens with zero attached hydrogens (tertiary/aromatic N) is 2. The van der Waals surface area contributed by atoms with Crippen LogP contribution in [0, 0.1) is 5.92 Å². The fourth-order valence-electron chi connectivity index (χ4n) is 1.91. The minimum absolute atomic E-state index is 0.177. The van der Waals surface area contributed by atoms with Crippen molar-refractivity contribution in [2.75, 3.05) is 7.05 Å². The highest BCUT2D eigenvalue weighted by Crippen LogP contribution is 2.32. The second-order valence-corrected chi connectivity index (χ2v) is 3.77. The molecule has 2 aliphatic rings. The van der Waals surface area contributed by atoms with Crippen molar-refractivity contribution >= 4 is 12.1 Å². The lowest BCUT2D eigenvalue weighted by Crippen LogP contribution is -2.18. The Morgan fingerprint density at radius 2 is 2.38 bits per heavy atom. The van der Waals surface area contributed by atoms with Gasteiger partial charge >= 0.3 is 0 Å². The molecule has 0 aliphatic carbocycles. The van der Waals surface area contributed by atoms with Crippen molar-refractivity contribution in [3.8, 4) is 0 Å². The lowest BCUT2D eigenvalue weighted by Gasteiger charge is -2.10. The van der Waals surface area contributed by atoms with Crippen LogP contribution in [0.5, 0.6) is 0 Å². The molecule has 3 nitrogen and oxygen atoms in total. The van der Waals surface area contributed by atoms with Gasteiger partial charge in [-0.25, -0.2) is 4.99 Å². The van der Waals surface area contributed by atoms with Crippen LogP contribution in [0.3, 0.4) is 0 Å². The van der Waals surface area contributed by atoms with E-state index in [1.54, 1.807) is 11.9 Å². The molecular weight excluding hydrogens is 164 g/mol. The number of carbonyl (C=O) groups is 1. The quantitative estimate of drug-likeness (QED) is 0.554. The number of hydrogen-bond donors (Lipinski definition) is 0. The molecule has 2 rings (SSSR count). The third kappa shape index (κ3) is 1.28. The minimum atomic E-state index is 0.177. The zero-order valence-electron chi connectivity index (χ0n) is 8.08. The normalized spacial score (nSPS) is 28.0. The predicted molar refractivity (Wildman–Crippen MR) is 51.3 cm³/mol. The molecule has 70 valence electrons. The summed E-state index contributed by atoms with van der Waals surface area (Å²) in [5.74, 6) is 1.58. The number of rotatable bonds is 0. The summed E-state index contributed by atoms with van der Waals surface area (Å²) in [6.45, 7) is 2.18. The van der Waals surface area contributed by atoms with Gasteiger partial charge in [0.05, 0.1) is 6.42 Å². The lowest BCUT2D eigenvalue weighted by molar-refractivity contribution is -0.126. The van der Waals surface area contributed by atoms with Crippen LogP contribution in [0.1, 0.15) is 26.2 Å². The minimum Gasteiger partial charge on any atom is -0.300 e. The van der Waals surface area contributed by atoms with Gasteiger partial charge in [0.1, 0.15) is 5.82 Å². The van der Waals surface area contributed by atoms with Crippen molar-refractivity contribution in [2.24, 2.45) is 10.9 Å². The summed E-state index contributed by atoms with van der Waals surface area (Å²) in [5, 5.41) is 0. The third-order valence-corrected chi connectivity index (χ3v) is 2.86. The van der Waals surface area contributed by atoms with E-state index >= 15 is 0 Å². The molecule has 0 aromatic rings. The van der Waals surface area contributed by atoms with E-state index in [0.29, 0.717) is 12.3 Å². The average molecular weight is 178 g/mol.